The molecule has 1 heterocycles. The molecule has 1 aliphatic rings. The molecule has 0 bridgehead atoms. The molecule has 0 aromatic rings. The Hall–Kier alpha value is -2.41. The molecule has 1 saturated heterocycles. The average molecular weight is 298 g/mol. The highest BCUT2D eigenvalue weighted by Crippen LogP contribution is 2.08. The summed E-state index contributed by atoms with van der Waals surface area (Å²) in [5.74, 6) is -2.10. The minimum Gasteiger partial charge on any atom is -0.478 e. The molecule has 0 aromatic heterocycles. The Morgan fingerprint density at radius 1 is 1.43 bits per heavy atom. The highest BCUT2D eigenvalue weighted by molar-refractivity contribution is 5.94. The maximum absolute atomic E-state index is 10.7. The Balaban J connectivity index is 0.000000394. The second-order valence-corrected chi connectivity index (χ2v) is 3.94. The van der Waals surface area contributed by atoms with Crippen LogP contribution in [0.4, 0.5) is 0 Å². The van der Waals surface area contributed by atoms with Gasteiger partial charge in [-0.2, -0.15) is 0 Å². The van der Waals surface area contributed by atoms with E-state index in [1.807, 2.05) is 0 Å². The molecule has 116 valence electrons. The lowest BCUT2D eigenvalue weighted by atomic mass is 10.2. The summed E-state index contributed by atoms with van der Waals surface area (Å²) in [6, 6.07) is 0. The molecule has 1 fully saturated rings. The number of carbonyl (C=O) groups excluding carboxylic acids is 2. The van der Waals surface area contributed by atoms with Gasteiger partial charge >= 0.3 is 17.9 Å². The van der Waals surface area contributed by atoms with Crippen LogP contribution in [0.1, 0.15) is 6.92 Å². The van der Waals surface area contributed by atoms with Crippen molar-refractivity contribution in [3.8, 4) is 0 Å². The van der Waals surface area contributed by atoms with Gasteiger partial charge in [0, 0.05) is 11.6 Å². The molecule has 1 atom stereocenters. The molecular formula is C14H18O7. The molecule has 1 rings (SSSR count). The summed E-state index contributed by atoms with van der Waals surface area (Å²) < 4.78 is 13.7. The maximum Gasteiger partial charge on any atom is 0.337 e. The van der Waals surface area contributed by atoms with Gasteiger partial charge < -0.3 is 19.3 Å². The van der Waals surface area contributed by atoms with Crippen molar-refractivity contribution in [2.45, 2.75) is 13.0 Å². The van der Waals surface area contributed by atoms with Gasteiger partial charge in [-0.15, -0.1) is 0 Å². The number of hydrogen-bond donors (Lipinski definition) is 1. The molecule has 0 radical (unpaired) electrons. The zero-order chi connectivity index (χ0) is 16.4. The van der Waals surface area contributed by atoms with Gasteiger partial charge in [-0.1, -0.05) is 13.2 Å². The molecular weight excluding hydrogens is 280 g/mol. The van der Waals surface area contributed by atoms with E-state index < -0.39 is 11.9 Å². The van der Waals surface area contributed by atoms with Gasteiger partial charge in [0.1, 0.15) is 12.7 Å². The van der Waals surface area contributed by atoms with Crippen molar-refractivity contribution in [3.63, 3.8) is 0 Å². The summed E-state index contributed by atoms with van der Waals surface area (Å²) in [5, 5.41) is 8.42. The first-order valence-corrected chi connectivity index (χ1v) is 5.91. The zero-order valence-corrected chi connectivity index (χ0v) is 12.0. The lowest BCUT2D eigenvalue weighted by molar-refractivity contribution is -0.138. The summed E-state index contributed by atoms with van der Waals surface area (Å²) in [6.07, 6.45) is 2.45. The summed E-state index contributed by atoms with van der Waals surface area (Å²) in [5.41, 5.74) is 0.0720. The lowest BCUT2D eigenvalue weighted by Gasteiger charge is -1.97. The molecule has 0 aromatic carbocycles. The van der Waals surface area contributed by atoms with Crippen molar-refractivity contribution in [3.05, 3.63) is 36.5 Å². The van der Waals surface area contributed by atoms with E-state index in [9.17, 15) is 14.4 Å². The third-order valence-corrected chi connectivity index (χ3v) is 2.16. The smallest absolute Gasteiger partial charge is 0.337 e. The number of aliphatic carboxylic acids is 1. The number of hydrogen-bond acceptors (Lipinski definition) is 6. The normalized spacial score (nSPS) is 15.9. The van der Waals surface area contributed by atoms with Crippen LogP contribution in [0.5, 0.6) is 0 Å². The van der Waals surface area contributed by atoms with E-state index in [-0.39, 0.29) is 23.2 Å². The second-order valence-electron chi connectivity index (χ2n) is 3.94. The molecule has 7 nitrogen and oxygen atoms in total. The standard InChI is InChI=1S/C8H10O4.C6H8O3/c1-5(7(9)10)4-6(2)8(11)12-3;1-2-6(7)9-4-5-3-8-5/h4H,2H2,1,3H3,(H,9,10);2,5H,1,3-4H2. The van der Waals surface area contributed by atoms with E-state index in [1.54, 1.807) is 0 Å². The fourth-order valence-electron chi connectivity index (χ4n) is 0.911. The van der Waals surface area contributed by atoms with E-state index in [4.69, 9.17) is 9.84 Å². The molecule has 0 spiro atoms. The van der Waals surface area contributed by atoms with Crippen LogP contribution >= 0.6 is 0 Å². The minimum atomic E-state index is -1.08. The number of carbonyl (C=O) groups is 3. The molecule has 0 saturated carbocycles. The highest BCUT2D eigenvalue weighted by atomic mass is 16.6. The van der Waals surface area contributed by atoms with Gasteiger partial charge in [0.2, 0.25) is 0 Å². The SMILES string of the molecule is C=C(C=C(C)C(=O)O)C(=O)OC.C=CC(=O)OCC1CO1. The van der Waals surface area contributed by atoms with Crippen LogP contribution in [0.2, 0.25) is 0 Å². The predicted molar refractivity (Wildman–Crippen MR) is 73.4 cm³/mol. The Morgan fingerprint density at radius 3 is 2.38 bits per heavy atom. The molecule has 1 N–H and O–H groups in total. The fourth-order valence-corrected chi connectivity index (χ4v) is 0.911. The van der Waals surface area contributed by atoms with Crippen molar-refractivity contribution in [1.82, 2.24) is 0 Å². The van der Waals surface area contributed by atoms with Crippen LogP contribution in [0, 0.1) is 0 Å². The summed E-state index contributed by atoms with van der Waals surface area (Å²) in [6.45, 7) is 9.03. The average Bonchev–Trinajstić information content (AvgIpc) is 3.28. The van der Waals surface area contributed by atoms with Crippen LogP contribution in [0.3, 0.4) is 0 Å². The van der Waals surface area contributed by atoms with Crippen LogP contribution < -0.4 is 0 Å². The molecule has 0 aliphatic carbocycles. The van der Waals surface area contributed by atoms with Crippen LogP contribution in [0.25, 0.3) is 0 Å². The predicted octanol–water partition coefficient (Wildman–Crippen LogP) is 0.861. The summed E-state index contributed by atoms with van der Waals surface area (Å²) >= 11 is 0. The Bertz CT molecular complexity index is 458. The highest BCUT2D eigenvalue weighted by Gasteiger charge is 2.23. The molecule has 7 heteroatoms. The number of carboxylic acids is 1. The number of carboxylic acid groups (broad SMARTS) is 1. The van der Waals surface area contributed by atoms with E-state index in [1.165, 1.54) is 14.0 Å². The minimum absolute atomic E-state index is 0.0254. The number of epoxide rings is 1. The van der Waals surface area contributed by atoms with E-state index in [0.717, 1.165) is 12.2 Å². The number of ether oxygens (including phenoxy) is 3. The fraction of sp³-hybridized carbons (Fsp3) is 0.357. The molecule has 21 heavy (non-hydrogen) atoms. The van der Waals surface area contributed by atoms with Gasteiger partial charge in [-0.25, -0.2) is 14.4 Å². The second kappa shape index (κ2) is 9.49. The van der Waals surface area contributed by atoms with Crippen LogP contribution in [-0.4, -0.2) is 49.4 Å². The van der Waals surface area contributed by atoms with Crippen molar-refractivity contribution < 1.29 is 33.7 Å². The third-order valence-electron chi connectivity index (χ3n) is 2.16. The Kier molecular flexibility index (Phi) is 8.40. The quantitative estimate of drug-likeness (QED) is 0.336. The third kappa shape index (κ3) is 9.17. The maximum atomic E-state index is 10.7. The number of methoxy groups -OCH3 is 1. The number of rotatable bonds is 6. The van der Waals surface area contributed by atoms with Crippen molar-refractivity contribution >= 4 is 17.9 Å². The largest absolute Gasteiger partial charge is 0.478 e. The molecule has 1 aliphatic heterocycles. The topological polar surface area (TPSA) is 102 Å². The molecule has 0 amide bonds. The van der Waals surface area contributed by atoms with Gasteiger partial charge in [-0.3, -0.25) is 0 Å². The Morgan fingerprint density at radius 2 is 2.00 bits per heavy atom. The first kappa shape index (κ1) is 18.6. The van der Waals surface area contributed by atoms with Crippen molar-refractivity contribution in [2.24, 2.45) is 0 Å². The van der Waals surface area contributed by atoms with Gasteiger partial charge in [0.05, 0.1) is 19.3 Å². The van der Waals surface area contributed by atoms with Crippen LogP contribution in [-0.2, 0) is 28.6 Å². The van der Waals surface area contributed by atoms with Gasteiger partial charge in [0.25, 0.3) is 0 Å². The van der Waals surface area contributed by atoms with Gasteiger partial charge in [0.15, 0.2) is 0 Å². The zero-order valence-electron chi connectivity index (χ0n) is 12.0. The summed E-state index contributed by atoms with van der Waals surface area (Å²) in [4.78, 5) is 31.3. The first-order chi connectivity index (χ1) is 9.81. The van der Waals surface area contributed by atoms with E-state index in [0.29, 0.717) is 13.2 Å². The monoisotopic (exact) mass is 298 g/mol. The lowest BCUT2D eigenvalue weighted by Crippen LogP contribution is -2.06. The van der Waals surface area contributed by atoms with E-state index in [2.05, 4.69) is 22.6 Å². The molecule has 1 unspecified atom stereocenters. The van der Waals surface area contributed by atoms with Gasteiger partial charge in [-0.05, 0) is 13.0 Å². The van der Waals surface area contributed by atoms with Crippen LogP contribution in [0.15, 0.2) is 36.5 Å². The van der Waals surface area contributed by atoms with Crippen molar-refractivity contribution in [2.75, 3.05) is 20.3 Å². The Labute approximate surface area is 122 Å². The van der Waals surface area contributed by atoms with E-state index >= 15 is 0 Å². The number of esters is 2. The first-order valence-electron chi connectivity index (χ1n) is 5.91. The summed E-state index contributed by atoms with van der Waals surface area (Å²) in [7, 11) is 1.21. The van der Waals surface area contributed by atoms with Crippen molar-refractivity contribution in [1.29, 1.82) is 0 Å².